The molecule has 0 spiro atoms. The molecule has 0 saturated carbocycles. The third kappa shape index (κ3) is 5.57. The molecule has 5 rings (SSSR count). The Labute approximate surface area is 246 Å². The van der Waals surface area contributed by atoms with E-state index in [0.717, 1.165) is 16.8 Å². The lowest BCUT2D eigenvalue weighted by atomic mass is 9.71. The van der Waals surface area contributed by atoms with E-state index in [1.54, 1.807) is 33.5 Å². The normalized spacial score (nSPS) is 18.2. The number of Topliss-reactive ketones (excluding diaryl/α,β-unsaturated/α-hetero) is 1. The Morgan fingerprint density at radius 2 is 1.64 bits per heavy atom. The molecule has 218 valence electrons. The van der Waals surface area contributed by atoms with Gasteiger partial charge in [0.15, 0.2) is 17.3 Å². The molecule has 1 amide bonds. The van der Waals surface area contributed by atoms with Crippen molar-refractivity contribution in [3.8, 4) is 23.0 Å². The van der Waals surface area contributed by atoms with Gasteiger partial charge in [0.25, 0.3) is 5.91 Å². The fourth-order valence-electron chi connectivity index (χ4n) is 5.90. The lowest BCUT2D eigenvalue weighted by molar-refractivity contribution is -0.116. The summed E-state index contributed by atoms with van der Waals surface area (Å²) in [4.78, 5) is 28.0. The van der Waals surface area contributed by atoms with Crippen LogP contribution in [0.4, 0.5) is 5.69 Å². The van der Waals surface area contributed by atoms with Crippen LogP contribution >= 0.6 is 0 Å². The van der Waals surface area contributed by atoms with Crippen LogP contribution < -0.4 is 29.6 Å². The van der Waals surface area contributed by atoms with E-state index >= 15 is 0 Å². The van der Waals surface area contributed by atoms with Gasteiger partial charge in [-0.25, -0.2) is 0 Å². The number of carbonyl (C=O) groups excluding carboxylic acids is 2. The average molecular weight is 569 g/mol. The summed E-state index contributed by atoms with van der Waals surface area (Å²) >= 11 is 0. The number of hydrogen-bond acceptors (Lipinski definition) is 7. The summed E-state index contributed by atoms with van der Waals surface area (Å²) in [6.45, 7) is 4.31. The number of dihydropyridines is 1. The second kappa shape index (κ2) is 12.4. The highest BCUT2D eigenvalue weighted by Crippen LogP contribution is 2.47. The molecule has 1 aliphatic heterocycles. The van der Waals surface area contributed by atoms with Gasteiger partial charge in [-0.1, -0.05) is 30.3 Å². The number of anilines is 1. The number of ether oxygens (including phenoxy) is 4. The van der Waals surface area contributed by atoms with Crippen molar-refractivity contribution in [3.05, 3.63) is 100 Å². The first-order valence-electron chi connectivity index (χ1n) is 14.0. The maximum atomic E-state index is 14.1. The Balaban J connectivity index is 1.57. The number of amides is 1. The van der Waals surface area contributed by atoms with Gasteiger partial charge in [0, 0.05) is 34.9 Å². The number of ketones is 1. The van der Waals surface area contributed by atoms with Crippen LogP contribution in [0.1, 0.15) is 49.7 Å². The molecule has 0 bridgehead atoms. The molecule has 2 aliphatic rings. The van der Waals surface area contributed by atoms with Crippen molar-refractivity contribution < 1.29 is 28.5 Å². The summed E-state index contributed by atoms with van der Waals surface area (Å²) in [6, 6.07) is 20.7. The van der Waals surface area contributed by atoms with Crippen LogP contribution in [0.5, 0.6) is 23.0 Å². The first-order chi connectivity index (χ1) is 20.4. The highest BCUT2D eigenvalue weighted by molar-refractivity contribution is 6.10. The number of methoxy groups -OCH3 is 3. The quantitative estimate of drug-likeness (QED) is 0.322. The van der Waals surface area contributed by atoms with Gasteiger partial charge in [-0.2, -0.15) is 0 Å². The van der Waals surface area contributed by atoms with Crippen LogP contribution in [0.3, 0.4) is 0 Å². The van der Waals surface area contributed by atoms with Crippen LogP contribution in [0.25, 0.3) is 0 Å². The van der Waals surface area contributed by atoms with Gasteiger partial charge in [-0.15, -0.1) is 0 Å². The van der Waals surface area contributed by atoms with Gasteiger partial charge in [-0.05, 0) is 73.7 Å². The lowest BCUT2D eigenvalue weighted by Crippen LogP contribution is -2.37. The first kappa shape index (κ1) is 28.8. The van der Waals surface area contributed by atoms with Crippen molar-refractivity contribution in [2.75, 3.05) is 33.3 Å². The molecule has 0 radical (unpaired) electrons. The molecule has 0 aromatic heterocycles. The van der Waals surface area contributed by atoms with Crippen molar-refractivity contribution in [3.63, 3.8) is 0 Å². The molecule has 1 heterocycles. The van der Waals surface area contributed by atoms with Gasteiger partial charge in [0.05, 0.1) is 33.6 Å². The lowest BCUT2D eigenvalue weighted by Gasteiger charge is -2.37. The Hall–Kier alpha value is -4.72. The molecule has 2 atom stereocenters. The van der Waals surface area contributed by atoms with Crippen molar-refractivity contribution in [1.82, 2.24) is 5.32 Å². The molecule has 0 fully saturated rings. The van der Waals surface area contributed by atoms with E-state index < -0.39 is 5.92 Å². The van der Waals surface area contributed by atoms with Gasteiger partial charge in [-0.3, -0.25) is 9.59 Å². The van der Waals surface area contributed by atoms with Crippen molar-refractivity contribution in [2.24, 2.45) is 0 Å². The number of allylic oxidation sites excluding steroid dienone is 3. The average Bonchev–Trinajstić information content (AvgIpc) is 3.00. The summed E-state index contributed by atoms with van der Waals surface area (Å²) in [5.74, 6) is 1.54. The number of para-hydroxylation sites is 2. The first-order valence-corrected chi connectivity index (χ1v) is 14.0. The number of rotatable bonds is 9. The summed E-state index contributed by atoms with van der Waals surface area (Å²) in [5, 5.41) is 6.46. The summed E-state index contributed by atoms with van der Waals surface area (Å²) < 4.78 is 22.2. The number of carbonyl (C=O) groups is 2. The summed E-state index contributed by atoms with van der Waals surface area (Å²) in [7, 11) is 4.76. The summed E-state index contributed by atoms with van der Waals surface area (Å²) in [6.07, 6.45) is 0.912. The van der Waals surface area contributed by atoms with Gasteiger partial charge < -0.3 is 29.6 Å². The molecular formula is C34H36N2O6. The van der Waals surface area contributed by atoms with E-state index in [4.69, 9.17) is 18.9 Å². The van der Waals surface area contributed by atoms with E-state index in [9.17, 15) is 9.59 Å². The predicted octanol–water partition coefficient (Wildman–Crippen LogP) is 6.11. The summed E-state index contributed by atoms with van der Waals surface area (Å²) in [5.41, 5.74) is 4.96. The molecule has 3 aromatic carbocycles. The van der Waals surface area contributed by atoms with E-state index in [2.05, 4.69) is 10.6 Å². The second-order valence-corrected chi connectivity index (χ2v) is 10.3. The standard InChI is InChI=1S/C34H36N2O6/c1-6-42-24-11-9-10-22(16-24)32-31(34(38)36-25-12-7-8-13-28(25)39-3)20(2)35-26-17-23(18-27(37)33(26)32)21-14-15-29(40-4)30(19-21)41-5/h7-16,19,23,32,35H,6,17-18H2,1-5H3,(H,36,38)/t23-,32+/m1/s1. The third-order valence-corrected chi connectivity index (χ3v) is 7.81. The maximum Gasteiger partial charge on any atom is 0.254 e. The molecule has 42 heavy (non-hydrogen) atoms. The zero-order valence-corrected chi connectivity index (χ0v) is 24.6. The molecule has 3 aromatic rings. The second-order valence-electron chi connectivity index (χ2n) is 10.3. The van der Waals surface area contributed by atoms with Crippen LogP contribution in [-0.2, 0) is 9.59 Å². The minimum Gasteiger partial charge on any atom is -0.495 e. The molecule has 8 heteroatoms. The molecular weight excluding hydrogens is 532 g/mol. The topological polar surface area (TPSA) is 95.1 Å². The molecule has 0 saturated heterocycles. The van der Waals surface area contributed by atoms with Crippen LogP contribution in [-0.4, -0.2) is 39.6 Å². The number of hydrogen-bond donors (Lipinski definition) is 2. The van der Waals surface area contributed by atoms with E-state index in [1.165, 1.54) is 0 Å². The number of benzene rings is 3. The molecule has 2 N–H and O–H groups in total. The zero-order chi connectivity index (χ0) is 29.8. The highest BCUT2D eigenvalue weighted by Gasteiger charge is 2.41. The monoisotopic (exact) mass is 568 g/mol. The smallest absolute Gasteiger partial charge is 0.254 e. The fourth-order valence-corrected chi connectivity index (χ4v) is 5.90. The largest absolute Gasteiger partial charge is 0.495 e. The molecule has 1 aliphatic carbocycles. The minimum atomic E-state index is -0.574. The molecule has 0 unspecified atom stereocenters. The third-order valence-electron chi connectivity index (χ3n) is 7.81. The highest BCUT2D eigenvalue weighted by atomic mass is 16.5. The van der Waals surface area contributed by atoms with Crippen molar-refractivity contribution in [1.29, 1.82) is 0 Å². The van der Waals surface area contributed by atoms with E-state index in [-0.39, 0.29) is 17.6 Å². The van der Waals surface area contributed by atoms with Gasteiger partial charge in [0.1, 0.15) is 11.5 Å². The van der Waals surface area contributed by atoms with E-state index in [0.29, 0.717) is 65.0 Å². The van der Waals surface area contributed by atoms with Crippen LogP contribution in [0.15, 0.2) is 89.3 Å². The van der Waals surface area contributed by atoms with Crippen molar-refractivity contribution in [2.45, 2.75) is 38.5 Å². The van der Waals surface area contributed by atoms with Crippen LogP contribution in [0.2, 0.25) is 0 Å². The predicted molar refractivity (Wildman–Crippen MR) is 161 cm³/mol. The van der Waals surface area contributed by atoms with Gasteiger partial charge in [0.2, 0.25) is 0 Å². The fraction of sp³-hybridized carbons (Fsp3) is 0.294. The number of nitrogens with one attached hydrogen (secondary N) is 2. The van der Waals surface area contributed by atoms with Crippen LogP contribution in [0, 0.1) is 0 Å². The Kier molecular flexibility index (Phi) is 8.52. The Bertz CT molecular complexity index is 1570. The molecule has 8 nitrogen and oxygen atoms in total. The van der Waals surface area contributed by atoms with Crippen molar-refractivity contribution >= 4 is 17.4 Å². The SMILES string of the molecule is CCOc1cccc([C@H]2C(C(=O)Nc3ccccc3OC)=C(C)NC3=C2C(=O)C[C@H](c2ccc(OC)c(OC)c2)C3)c1. The Morgan fingerprint density at radius 3 is 2.38 bits per heavy atom. The zero-order valence-electron chi connectivity index (χ0n) is 24.6. The Morgan fingerprint density at radius 1 is 0.881 bits per heavy atom. The minimum absolute atomic E-state index is 0.00885. The maximum absolute atomic E-state index is 14.1. The van der Waals surface area contributed by atoms with E-state index in [1.807, 2.05) is 68.4 Å². The van der Waals surface area contributed by atoms with Gasteiger partial charge >= 0.3 is 0 Å².